The fourth-order valence-electron chi connectivity index (χ4n) is 4.45. The summed E-state index contributed by atoms with van der Waals surface area (Å²) in [6.07, 6.45) is 9.21. The molecule has 1 saturated carbocycles. The first-order valence-electron chi connectivity index (χ1n) is 10.5. The van der Waals surface area contributed by atoms with Crippen LogP contribution in [0.2, 0.25) is 0 Å². The number of nitrogens with one attached hydrogen (secondary N) is 3. The average Bonchev–Trinajstić information content (AvgIpc) is 3.38. The molecular formula is C22H30ClN5O2. The predicted molar refractivity (Wildman–Crippen MR) is 120 cm³/mol. The van der Waals surface area contributed by atoms with Crippen molar-refractivity contribution in [3.63, 3.8) is 0 Å². The summed E-state index contributed by atoms with van der Waals surface area (Å²) in [5.41, 5.74) is 2.51. The second-order valence-electron chi connectivity index (χ2n) is 8.21. The molecule has 1 saturated heterocycles. The number of carbonyl (C=O) groups is 2. The van der Waals surface area contributed by atoms with Gasteiger partial charge in [0.2, 0.25) is 11.8 Å². The average molecular weight is 432 g/mol. The van der Waals surface area contributed by atoms with Crippen LogP contribution in [-0.4, -0.2) is 34.7 Å². The van der Waals surface area contributed by atoms with Gasteiger partial charge in [-0.05, 0) is 36.6 Å². The summed E-state index contributed by atoms with van der Waals surface area (Å²) in [7, 11) is 1.88. The fourth-order valence-corrected chi connectivity index (χ4v) is 4.45. The van der Waals surface area contributed by atoms with Gasteiger partial charge in [0.15, 0.2) is 0 Å². The largest absolute Gasteiger partial charge is 0.326 e. The van der Waals surface area contributed by atoms with Crippen molar-refractivity contribution in [2.75, 3.05) is 23.7 Å². The topological polar surface area (TPSA) is 88.0 Å². The number of halogens is 1. The van der Waals surface area contributed by atoms with E-state index in [1.54, 1.807) is 4.68 Å². The first-order chi connectivity index (χ1) is 14.1. The summed E-state index contributed by atoms with van der Waals surface area (Å²) in [4.78, 5) is 25.4. The van der Waals surface area contributed by atoms with E-state index in [4.69, 9.17) is 0 Å². The highest BCUT2D eigenvalue weighted by Gasteiger charge is 2.34. The normalized spacial score (nSPS) is 21.6. The second kappa shape index (κ2) is 10.1. The Bertz CT molecular complexity index is 878. The molecule has 1 aromatic carbocycles. The summed E-state index contributed by atoms with van der Waals surface area (Å²) >= 11 is 0. The molecule has 0 bridgehead atoms. The van der Waals surface area contributed by atoms with Crippen molar-refractivity contribution < 1.29 is 9.59 Å². The molecule has 1 aliphatic heterocycles. The van der Waals surface area contributed by atoms with Gasteiger partial charge < -0.3 is 16.0 Å². The van der Waals surface area contributed by atoms with Crippen LogP contribution in [-0.2, 0) is 16.6 Å². The Morgan fingerprint density at radius 3 is 2.43 bits per heavy atom. The number of hydrogen-bond donors (Lipinski definition) is 3. The fraction of sp³-hybridized carbons (Fsp3) is 0.500. The van der Waals surface area contributed by atoms with Gasteiger partial charge in [-0.15, -0.1) is 12.4 Å². The van der Waals surface area contributed by atoms with Gasteiger partial charge in [-0.2, -0.15) is 5.10 Å². The third kappa shape index (κ3) is 5.21. The number of amides is 2. The predicted octanol–water partition coefficient (Wildman–Crippen LogP) is 3.30. The molecule has 30 heavy (non-hydrogen) atoms. The number of aryl methyl sites for hydroxylation is 1. The minimum Gasteiger partial charge on any atom is -0.326 e. The first kappa shape index (κ1) is 22.3. The maximum absolute atomic E-state index is 12.9. The van der Waals surface area contributed by atoms with Gasteiger partial charge in [0.25, 0.3) is 0 Å². The van der Waals surface area contributed by atoms with Gasteiger partial charge in [0, 0.05) is 49.5 Å². The number of carbonyl (C=O) groups excluding carboxylic acids is 2. The minimum absolute atomic E-state index is 0. The molecule has 2 atom stereocenters. The van der Waals surface area contributed by atoms with Crippen molar-refractivity contribution >= 4 is 35.6 Å². The standard InChI is InChI=1S/C22H29N5O2.ClH/c1-27-14-16(11-24-27)19-12-23-13-20(19)22(29)26-18-9-5-8-17(10-18)25-21(28)15-6-3-2-4-7-15;/h5,8-11,14-15,19-20,23H,2-4,6-7,12-13H2,1H3,(H,25,28)(H,26,29);1H/t19-,20+;/m1./s1. The quantitative estimate of drug-likeness (QED) is 0.677. The van der Waals surface area contributed by atoms with Crippen molar-refractivity contribution in [2.45, 2.75) is 38.0 Å². The Morgan fingerprint density at radius 2 is 1.77 bits per heavy atom. The molecule has 2 heterocycles. The Hall–Kier alpha value is -2.38. The molecule has 7 nitrogen and oxygen atoms in total. The van der Waals surface area contributed by atoms with E-state index in [1.165, 1.54) is 6.42 Å². The molecule has 4 rings (SSSR count). The zero-order chi connectivity index (χ0) is 20.2. The molecule has 0 radical (unpaired) electrons. The zero-order valence-corrected chi connectivity index (χ0v) is 18.1. The lowest BCUT2D eigenvalue weighted by Gasteiger charge is -2.21. The number of hydrogen-bond acceptors (Lipinski definition) is 4. The number of rotatable bonds is 5. The minimum atomic E-state index is -0.153. The summed E-state index contributed by atoms with van der Waals surface area (Å²) in [6, 6.07) is 7.42. The van der Waals surface area contributed by atoms with Crippen molar-refractivity contribution in [3.05, 3.63) is 42.2 Å². The maximum atomic E-state index is 12.9. The van der Waals surface area contributed by atoms with Crippen LogP contribution in [0.3, 0.4) is 0 Å². The van der Waals surface area contributed by atoms with Crippen LogP contribution in [0.15, 0.2) is 36.7 Å². The molecule has 1 aliphatic carbocycles. The van der Waals surface area contributed by atoms with Crippen LogP contribution in [0, 0.1) is 11.8 Å². The van der Waals surface area contributed by atoms with Gasteiger partial charge >= 0.3 is 0 Å². The zero-order valence-electron chi connectivity index (χ0n) is 17.3. The highest BCUT2D eigenvalue weighted by molar-refractivity contribution is 5.96. The third-order valence-corrected chi connectivity index (χ3v) is 6.08. The lowest BCUT2D eigenvalue weighted by atomic mass is 9.88. The first-order valence-corrected chi connectivity index (χ1v) is 10.5. The lowest BCUT2D eigenvalue weighted by molar-refractivity contribution is -0.121. The highest BCUT2D eigenvalue weighted by Crippen LogP contribution is 2.29. The van der Waals surface area contributed by atoms with Crippen LogP contribution in [0.4, 0.5) is 11.4 Å². The van der Waals surface area contributed by atoms with Gasteiger partial charge in [0.1, 0.15) is 0 Å². The summed E-state index contributed by atoms with van der Waals surface area (Å²) in [6.45, 7) is 1.41. The molecule has 8 heteroatoms. The van der Waals surface area contributed by atoms with Gasteiger partial charge in [-0.3, -0.25) is 14.3 Å². The van der Waals surface area contributed by atoms with E-state index in [2.05, 4.69) is 21.0 Å². The molecule has 162 valence electrons. The molecule has 2 amide bonds. The lowest BCUT2D eigenvalue weighted by Crippen LogP contribution is -2.28. The van der Waals surface area contributed by atoms with Crippen molar-refractivity contribution in [2.24, 2.45) is 18.9 Å². The van der Waals surface area contributed by atoms with Crippen LogP contribution >= 0.6 is 12.4 Å². The van der Waals surface area contributed by atoms with Crippen LogP contribution in [0.5, 0.6) is 0 Å². The van der Waals surface area contributed by atoms with E-state index >= 15 is 0 Å². The maximum Gasteiger partial charge on any atom is 0.229 e. The molecule has 2 fully saturated rings. The van der Waals surface area contributed by atoms with Crippen molar-refractivity contribution in [1.29, 1.82) is 0 Å². The van der Waals surface area contributed by atoms with E-state index in [0.717, 1.165) is 43.5 Å². The highest BCUT2D eigenvalue weighted by atomic mass is 35.5. The van der Waals surface area contributed by atoms with Crippen molar-refractivity contribution in [1.82, 2.24) is 15.1 Å². The van der Waals surface area contributed by atoms with Crippen LogP contribution in [0.25, 0.3) is 0 Å². The van der Waals surface area contributed by atoms with E-state index in [9.17, 15) is 9.59 Å². The summed E-state index contributed by atoms with van der Waals surface area (Å²) < 4.78 is 1.76. The number of anilines is 2. The Balaban J connectivity index is 0.00000256. The Morgan fingerprint density at radius 1 is 1.07 bits per heavy atom. The van der Waals surface area contributed by atoms with Gasteiger partial charge in [-0.25, -0.2) is 0 Å². The van der Waals surface area contributed by atoms with E-state index < -0.39 is 0 Å². The second-order valence-corrected chi connectivity index (χ2v) is 8.21. The Kier molecular flexibility index (Phi) is 7.50. The molecule has 1 aromatic heterocycles. The monoisotopic (exact) mass is 431 g/mol. The van der Waals surface area contributed by atoms with E-state index in [1.807, 2.05) is 43.7 Å². The number of nitrogens with zero attached hydrogens (tertiary/aromatic N) is 2. The van der Waals surface area contributed by atoms with Crippen LogP contribution in [0.1, 0.15) is 43.6 Å². The molecule has 0 unspecified atom stereocenters. The summed E-state index contributed by atoms with van der Waals surface area (Å²) in [5, 5.41) is 13.6. The molecule has 2 aromatic rings. The molecule has 3 N–H and O–H groups in total. The SMILES string of the molecule is Cl.Cn1cc([C@H]2CNC[C@@H]2C(=O)Nc2cccc(NC(=O)C3CCCCC3)c2)cn1. The Labute approximate surface area is 183 Å². The van der Waals surface area contributed by atoms with Gasteiger partial charge in [0.05, 0.1) is 12.1 Å². The van der Waals surface area contributed by atoms with Crippen LogP contribution < -0.4 is 16.0 Å². The summed E-state index contributed by atoms with van der Waals surface area (Å²) in [5.74, 6) is 0.133. The molecular weight excluding hydrogens is 402 g/mol. The number of benzene rings is 1. The molecule has 2 aliphatic rings. The van der Waals surface area contributed by atoms with E-state index in [0.29, 0.717) is 12.2 Å². The van der Waals surface area contributed by atoms with E-state index in [-0.39, 0.29) is 42.0 Å². The third-order valence-electron chi connectivity index (χ3n) is 6.08. The van der Waals surface area contributed by atoms with Gasteiger partial charge in [-0.1, -0.05) is 25.3 Å². The number of aromatic nitrogens is 2. The smallest absolute Gasteiger partial charge is 0.229 e. The molecule has 0 spiro atoms. The van der Waals surface area contributed by atoms with Crippen molar-refractivity contribution in [3.8, 4) is 0 Å².